The van der Waals surface area contributed by atoms with Crippen molar-refractivity contribution in [2.45, 2.75) is 0 Å². The predicted octanol–water partition coefficient (Wildman–Crippen LogP) is 6.59. The van der Waals surface area contributed by atoms with Crippen LogP contribution in [-0.4, -0.2) is 34.9 Å². The third-order valence-electron chi connectivity index (χ3n) is 8.78. The Morgan fingerprint density at radius 1 is 0.365 bits per heavy atom. The second kappa shape index (κ2) is 13.4. The number of nitrogen functional groups attached to an aromatic ring is 2. The highest BCUT2D eigenvalue weighted by Crippen LogP contribution is 2.36. The van der Waals surface area contributed by atoms with Gasteiger partial charge in [0.1, 0.15) is 0 Å². The van der Waals surface area contributed by atoms with Gasteiger partial charge in [0.15, 0.2) is 23.1 Å². The molecule has 6 N–H and O–H groups in total. The van der Waals surface area contributed by atoms with E-state index in [1.807, 2.05) is 6.07 Å². The van der Waals surface area contributed by atoms with Gasteiger partial charge in [-0.05, 0) is 48.5 Å². The van der Waals surface area contributed by atoms with Crippen LogP contribution < -0.4 is 22.1 Å². The van der Waals surface area contributed by atoms with Crippen LogP contribution in [0.25, 0.3) is 0 Å². The van der Waals surface area contributed by atoms with Crippen molar-refractivity contribution >= 4 is 57.7 Å². The van der Waals surface area contributed by atoms with Gasteiger partial charge in [-0.2, -0.15) is 0 Å². The lowest BCUT2D eigenvalue weighted by atomic mass is 9.82. The number of fused-ring (bicyclic) bond motifs is 4. The van der Waals surface area contributed by atoms with Gasteiger partial charge in [0.05, 0.1) is 33.6 Å². The van der Waals surface area contributed by atoms with E-state index in [1.54, 1.807) is 121 Å². The maximum absolute atomic E-state index is 13.0. The molecule has 10 nitrogen and oxygen atoms in total. The second-order valence-electron chi connectivity index (χ2n) is 12.0. The summed E-state index contributed by atoms with van der Waals surface area (Å²) in [6.45, 7) is 0. The van der Waals surface area contributed by atoms with Gasteiger partial charge in [0.2, 0.25) is 0 Å². The van der Waals surface area contributed by atoms with E-state index in [9.17, 15) is 28.8 Å². The summed E-state index contributed by atoms with van der Waals surface area (Å²) in [6, 6.07) is 36.6. The van der Waals surface area contributed by atoms with E-state index in [0.29, 0.717) is 27.9 Å². The van der Waals surface area contributed by atoms with E-state index < -0.39 is 0 Å². The lowest BCUT2D eigenvalue weighted by Gasteiger charge is -2.21. The van der Waals surface area contributed by atoms with Crippen LogP contribution in [0.5, 0.6) is 0 Å². The summed E-state index contributed by atoms with van der Waals surface area (Å²) in [5.41, 5.74) is 15.7. The van der Waals surface area contributed by atoms with Gasteiger partial charge in [-0.1, -0.05) is 84.9 Å². The average Bonchev–Trinajstić information content (AvgIpc) is 3.17. The van der Waals surface area contributed by atoms with Gasteiger partial charge in [0.25, 0.3) is 11.8 Å². The van der Waals surface area contributed by atoms with Crippen molar-refractivity contribution < 1.29 is 28.8 Å². The second-order valence-corrected chi connectivity index (χ2v) is 12.0. The van der Waals surface area contributed by atoms with Crippen molar-refractivity contribution in [3.05, 3.63) is 189 Å². The van der Waals surface area contributed by atoms with Crippen molar-refractivity contribution in [2.75, 3.05) is 22.1 Å². The molecule has 52 heavy (non-hydrogen) atoms. The molecule has 0 saturated carbocycles. The van der Waals surface area contributed by atoms with Crippen molar-refractivity contribution in [1.29, 1.82) is 0 Å². The molecule has 0 heterocycles. The molecular weight excluding hydrogens is 656 g/mol. The normalized spacial score (nSPS) is 12.3. The number of amides is 2. The number of rotatable bonds is 4. The Kier molecular flexibility index (Phi) is 8.55. The molecule has 0 aromatic heterocycles. The molecule has 252 valence electrons. The maximum Gasteiger partial charge on any atom is 0.255 e. The SMILES string of the molecule is Nc1ccc(NC(=O)c2ccccc2)c2c1C(=O)c1ccccc1C2=O.Nc1cccc2c1C(=O)c1cccc(NC(=O)c3ccccc3)c1C2=O. The predicted molar refractivity (Wildman–Crippen MR) is 197 cm³/mol. The van der Waals surface area contributed by atoms with Crippen molar-refractivity contribution in [3.8, 4) is 0 Å². The van der Waals surface area contributed by atoms with E-state index in [0.717, 1.165) is 0 Å². The van der Waals surface area contributed by atoms with E-state index in [1.165, 1.54) is 6.07 Å². The molecule has 10 heteroatoms. The van der Waals surface area contributed by atoms with Crippen molar-refractivity contribution in [1.82, 2.24) is 0 Å². The fourth-order valence-electron chi connectivity index (χ4n) is 6.29. The standard InChI is InChI=1S/2C21H14N2O3/c22-15-10-4-8-13-17(15)19(24)14-9-5-11-16(18(14)20(13)25)23-21(26)12-6-2-1-3-7-12;22-15-10-11-16(23-21(26)12-6-2-1-3-7-12)18-17(15)19(24)13-8-4-5-9-14(13)20(18)25/h2*1-11H,22H2,(H,23,26). The van der Waals surface area contributed by atoms with Gasteiger partial charge < -0.3 is 22.1 Å². The Hall–Kier alpha value is -7.46. The number of nitrogens with one attached hydrogen (secondary N) is 2. The number of carbonyl (C=O) groups excluding carboxylic acids is 6. The van der Waals surface area contributed by atoms with Crippen LogP contribution in [0.4, 0.5) is 22.7 Å². The molecule has 0 fully saturated rings. The molecule has 0 unspecified atom stereocenters. The summed E-state index contributed by atoms with van der Waals surface area (Å²) >= 11 is 0. The number of ketones is 4. The molecule has 6 aromatic rings. The first-order chi connectivity index (χ1) is 25.2. The molecule has 2 aliphatic carbocycles. The minimum absolute atomic E-state index is 0.137. The van der Waals surface area contributed by atoms with Crippen molar-refractivity contribution in [2.24, 2.45) is 0 Å². The first kappa shape index (κ1) is 33.1. The Labute approximate surface area is 297 Å². The molecule has 0 saturated heterocycles. The summed E-state index contributed by atoms with van der Waals surface area (Å²) in [5, 5.41) is 5.47. The first-order valence-electron chi connectivity index (χ1n) is 16.1. The minimum Gasteiger partial charge on any atom is -0.398 e. The van der Waals surface area contributed by atoms with Crippen LogP contribution in [0.3, 0.4) is 0 Å². The van der Waals surface area contributed by atoms with Gasteiger partial charge >= 0.3 is 0 Å². The monoisotopic (exact) mass is 684 g/mol. The molecule has 0 atom stereocenters. The van der Waals surface area contributed by atoms with E-state index in [-0.39, 0.29) is 85.4 Å². The molecule has 0 aliphatic heterocycles. The van der Waals surface area contributed by atoms with Gasteiger partial charge in [-0.25, -0.2) is 0 Å². The maximum atomic E-state index is 13.0. The fourth-order valence-corrected chi connectivity index (χ4v) is 6.29. The highest BCUT2D eigenvalue weighted by Gasteiger charge is 2.35. The summed E-state index contributed by atoms with van der Waals surface area (Å²) in [7, 11) is 0. The molecule has 2 aliphatic rings. The van der Waals surface area contributed by atoms with Gasteiger partial charge in [0, 0.05) is 44.8 Å². The van der Waals surface area contributed by atoms with E-state index in [2.05, 4.69) is 10.6 Å². The van der Waals surface area contributed by atoms with Crippen molar-refractivity contribution in [3.63, 3.8) is 0 Å². The fraction of sp³-hybridized carbons (Fsp3) is 0. The topological polar surface area (TPSA) is 179 Å². The highest BCUT2D eigenvalue weighted by molar-refractivity contribution is 6.33. The van der Waals surface area contributed by atoms with Crippen LogP contribution in [-0.2, 0) is 0 Å². The molecular formula is C42H28N4O6. The quantitative estimate of drug-likeness (QED) is 0.150. The summed E-state index contributed by atoms with van der Waals surface area (Å²) in [4.78, 5) is 76.6. The zero-order valence-electron chi connectivity index (χ0n) is 27.3. The zero-order chi connectivity index (χ0) is 36.5. The average molecular weight is 685 g/mol. The van der Waals surface area contributed by atoms with Crippen LogP contribution in [0.2, 0.25) is 0 Å². The number of anilines is 4. The Morgan fingerprint density at radius 3 is 1.35 bits per heavy atom. The molecule has 0 radical (unpaired) electrons. The van der Waals surface area contributed by atoms with Crippen LogP contribution in [0, 0.1) is 0 Å². The van der Waals surface area contributed by atoms with Crippen LogP contribution >= 0.6 is 0 Å². The summed E-state index contributed by atoms with van der Waals surface area (Å²) < 4.78 is 0. The Bertz CT molecular complexity index is 2490. The Balaban J connectivity index is 0.000000162. The first-order valence-corrected chi connectivity index (χ1v) is 16.1. The van der Waals surface area contributed by atoms with E-state index >= 15 is 0 Å². The number of hydrogen-bond acceptors (Lipinski definition) is 8. The van der Waals surface area contributed by atoms with Crippen LogP contribution in [0.15, 0.2) is 133 Å². The smallest absolute Gasteiger partial charge is 0.255 e. The number of carbonyl (C=O) groups is 6. The molecule has 0 spiro atoms. The highest BCUT2D eigenvalue weighted by atomic mass is 16.2. The molecule has 2 amide bonds. The third kappa shape index (κ3) is 5.80. The lowest BCUT2D eigenvalue weighted by Crippen LogP contribution is -2.25. The minimum atomic E-state index is -0.364. The van der Waals surface area contributed by atoms with Gasteiger partial charge in [-0.15, -0.1) is 0 Å². The molecule has 6 aromatic carbocycles. The number of nitrogens with two attached hydrogens (primary N) is 2. The third-order valence-corrected chi connectivity index (χ3v) is 8.78. The lowest BCUT2D eigenvalue weighted by molar-refractivity contribution is 0.0979. The summed E-state index contributed by atoms with van der Waals surface area (Å²) in [6.07, 6.45) is 0. The Morgan fingerprint density at radius 2 is 0.769 bits per heavy atom. The van der Waals surface area contributed by atoms with E-state index in [4.69, 9.17) is 11.5 Å². The molecule has 0 bridgehead atoms. The van der Waals surface area contributed by atoms with Crippen LogP contribution in [0.1, 0.15) is 84.4 Å². The zero-order valence-corrected chi connectivity index (χ0v) is 27.3. The number of hydrogen-bond donors (Lipinski definition) is 4. The molecule has 8 rings (SSSR count). The summed E-state index contributed by atoms with van der Waals surface area (Å²) in [5.74, 6) is -2.00. The van der Waals surface area contributed by atoms with Gasteiger partial charge in [-0.3, -0.25) is 28.8 Å². The number of benzene rings is 6. The largest absolute Gasteiger partial charge is 0.398 e.